The zero-order valence-corrected chi connectivity index (χ0v) is 11.5. The third-order valence-electron chi connectivity index (χ3n) is 2.49. The molecular formula is C11H14N2O3S2. The van der Waals surface area contributed by atoms with Gasteiger partial charge in [-0.15, -0.1) is 11.3 Å². The number of rotatable bonds is 5. The van der Waals surface area contributed by atoms with Gasteiger partial charge in [-0.2, -0.15) is 0 Å². The highest BCUT2D eigenvalue weighted by Crippen LogP contribution is 2.25. The molecule has 18 heavy (non-hydrogen) atoms. The van der Waals surface area contributed by atoms with E-state index in [0.29, 0.717) is 10.8 Å². The zero-order chi connectivity index (χ0) is 13.2. The van der Waals surface area contributed by atoms with Crippen LogP contribution in [-0.2, 0) is 23.1 Å². The van der Waals surface area contributed by atoms with Gasteiger partial charge in [0.15, 0.2) is 0 Å². The third kappa shape index (κ3) is 2.81. The van der Waals surface area contributed by atoms with Gasteiger partial charge in [-0.3, -0.25) is 0 Å². The molecule has 0 atom stereocenters. The molecule has 0 radical (unpaired) electrons. The van der Waals surface area contributed by atoms with E-state index in [9.17, 15) is 8.42 Å². The first kappa shape index (κ1) is 13.3. The summed E-state index contributed by atoms with van der Waals surface area (Å²) in [7, 11) is -3.48. The Kier molecular flexibility index (Phi) is 3.86. The Labute approximate surface area is 110 Å². The lowest BCUT2D eigenvalue weighted by molar-refractivity contribution is 0.561. The summed E-state index contributed by atoms with van der Waals surface area (Å²) in [6.07, 6.45) is 3.01. The van der Waals surface area contributed by atoms with Gasteiger partial charge in [0.25, 0.3) is 0 Å². The van der Waals surface area contributed by atoms with E-state index >= 15 is 0 Å². The number of nitrogens with two attached hydrogens (primary N) is 1. The van der Waals surface area contributed by atoms with E-state index in [4.69, 9.17) is 10.2 Å². The number of hydrogen-bond acceptors (Lipinski definition) is 5. The van der Waals surface area contributed by atoms with Gasteiger partial charge in [0.1, 0.15) is 4.21 Å². The summed E-state index contributed by atoms with van der Waals surface area (Å²) in [6.45, 7) is 2.43. The quantitative estimate of drug-likeness (QED) is 0.874. The van der Waals surface area contributed by atoms with Crippen molar-refractivity contribution in [3.8, 4) is 0 Å². The van der Waals surface area contributed by atoms with Crippen molar-refractivity contribution in [3.05, 3.63) is 40.7 Å². The summed E-state index contributed by atoms with van der Waals surface area (Å²) in [4.78, 5) is 0.888. The average Bonchev–Trinajstić information content (AvgIpc) is 2.95. The Hall–Kier alpha value is -1.15. The van der Waals surface area contributed by atoms with E-state index in [-0.39, 0.29) is 6.54 Å². The monoisotopic (exact) mass is 286 g/mol. The number of sulfonamides is 1. The number of aryl methyl sites for hydroxylation is 1. The topological polar surface area (TPSA) is 85.3 Å². The fourth-order valence-electron chi connectivity index (χ4n) is 1.47. The van der Waals surface area contributed by atoms with E-state index in [0.717, 1.165) is 16.0 Å². The van der Waals surface area contributed by atoms with Crippen molar-refractivity contribution < 1.29 is 12.8 Å². The van der Waals surface area contributed by atoms with Crippen molar-refractivity contribution in [2.45, 2.75) is 24.2 Å². The van der Waals surface area contributed by atoms with E-state index in [1.165, 1.54) is 23.9 Å². The molecule has 0 aliphatic carbocycles. The lowest BCUT2D eigenvalue weighted by Gasteiger charge is -2.02. The number of hydrogen-bond donors (Lipinski definition) is 2. The predicted octanol–water partition coefficient (Wildman–Crippen LogP) is 1.59. The highest BCUT2D eigenvalue weighted by molar-refractivity contribution is 7.91. The fraction of sp³-hybridized carbons (Fsp3) is 0.273. The molecule has 0 saturated heterocycles. The maximum atomic E-state index is 12.0. The molecule has 5 nitrogen and oxygen atoms in total. The molecule has 0 aliphatic rings. The summed E-state index contributed by atoms with van der Waals surface area (Å²) in [6, 6.07) is 3.36. The summed E-state index contributed by atoms with van der Waals surface area (Å²) in [5, 5.41) is 0. The van der Waals surface area contributed by atoms with Gasteiger partial charge in [-0.25, -0.2) is 13.1 Å². The van der Waals surface area contributed by atoms with E-state index in [2.05, 4.69) is 4.72 Å². The Morgan fingerprint density at radius 1 is 1.50 bits per heavy atom. The van der Waals surface area contributed by atoms with Crippen LogP contribution in [0.2, 0.25) is 0 Å². The van der Waals surface area contributed by atoms with Crippen LogP contribution in [0.3, 0.4) is 0 Å². The van der Waals surface area contributed by atoms with Crippen molar-refractivity contribution in [1.82, 2.24) is 4.72 Å². The first-order valence-electron chi connectivity index (χ1n) is 5.33. The minimum atomic E-state index is -3.48. The van der Waals surface area contributed by atoms with E-state index in [1.807, 2.05) is 6.92 Å². The van der Waals surface area contributed by atoms with Crippen LogP contribution in [0.5, 0.6) is 0 Å². The molecular weight excluding hydrogens is 272 g/mol. The first-order valence-corrected chi connectivity index (χ1v) is 7.63. The Morgan fingerprint density at radius 3 is 2.83 bits per heavy atom. The molecule has 2 heterocycles. The maximum absolute atomic E-state index is 12.0. The molecule has 0 saturated carbocycles. The van der Waals surface area contributed by atoms with Gasteiger partial charge in [0, 0.05) is 23.5 Å². The minimum Gasteiger partial charge on any atom is -0.472 e. The first-order chi connectivity index (χ1) is 8.53. The van der Waals surface area contributed by atoms with Crippen LogP contribution >= 0.6 is 11.3 Å². The van der Waals surface area contributed by atoms with Gasteiger partial charge >= 0.3 is 0 Å². The van der Waals surface area contributed by atoms with Gasteiger partial charge in [-0.05, 0) is 24.6 Å². The van der Waals surface area contributed by atoms with Gasteiger partial charge in [0.05, 0.1) is 12.5 Å². The molecule has 3 N–H and O–H groups in total. The maximum Gasteiger partial charge on any atom is 0.250 e. The summed E-state index contributed by atoms with van der Waals surface area (Å²) in [5.41, 5.74) is 7.23. The van der Waals surface area contributed by atoms with Crippen LogP contribution in [-0.4, -0.2) is 8.42 Å². The molecule has 98 valence electrons. The molecule has 0 spiro atoms. The second-order valence-corrected chi connectivity index (χ2v) is 6.96. The smallest absolute Gasteiger partial charge is 0.250 e. The number of furan rings is 1. The van der Waals surface area contributed by atoms with Gasteiger partial charge in [0.2, 0.25) is 10.0 Å². The highest BCUT2D eigenvalue weighted by Gasteiger charge is 2.18. The molecule has 7 heteroatoms. The van der Waals surface area contributed by atoms with Crippen LogP contribution in [0.4, 0.5) is 0 Å². The van der Waals surface area contributed by atoms with Crippen LogP contribution in [0.25, 0.3) is 0 Å². The number of thiophene rings is 1. The Morgan fingerprint density at radius 2 is 2.28 bits per heavy atom. The van der Waals surface area contributed by atoms with Crippen LogP contribution in [0.1, 0.15) is 16.0 Å². The lowest BCUT2D eigenvalue weighted by Crippen LogP contribution is -2.22. The third-order valence-corrected chi connectivity index (χ3v) is 5.63. The SMILES string of the molecule is Cc1cc(S(=O)(=O)NCc2ccoc2)sc1CN. The fourth-order valence-corrected chi connectivity index (χ4v) is 4.00. The molecule has 0 amide bonds. The van der Waals surface area contributed by atoms with Crippen LogP contribution in [0.15, 0.2) is 33.3 Å². The van der Waals surface area contributed by atoms with Crippen LogP contribution in [0, 0.1) is 6.92 Å². The highest BCUT2D eigenvalue weighted by atomic mass is 32.2. The zero-order valence-electron chi connectivity index (χ0n) is 9.84. The predicted molar refractivity (Wildman–Crippen MR) is 69.7 cm³/mol. The largest absolute Gasteiger partial charge is 0.472 e. The average molecular weight is 286 g/mol. The molecule has 0 fully saturated rings. The lowest BCUT2D eigenvalue weighted by atomic mass is 10.3. The van der Waals surface area contributed by atoms with Crippen molar-refractivity contribution in [3.63, 3.8) is 0 Å². The Balaban J connectivity index is 2.14. The molecule has 2 rings (SSSR count). The van der Waals surface area contributed by atoms with E-state index in [1.54, 1.807) is 12.1 Å². The van der Waals surface area contributed by atoms with Crippen molar-refractivity contribution in [2.75, 3.05) is 0 Å². The summed E-state index contributed by atoms with van der Waals surface area (Å²) >= 11 is 1.20. The normalized spacial score (nSPS) is 11.9. The van der Waals surface area contributed by atoms with Gasteiger partial charge in [-0.1, -0.05) is 0 Å². The second-order valence-electron chi connectivity index (χ2n) is 3.83. The Bertz CT molecular complexity index is 615. The molecule has 2 aromatic heterocycles. The molecule has 0 aliphatic heterocycles. The minimum absolute atomic E-state index is 0.216. The van der Waals surface area contributed by atoms with Crippen molar-refractivity contribution in [1.29, 1.82) is 0 Å². The second kappa shape index (κ2) is 5.23. The van der Waals surface area contributed by atoms with Crippen molar-refractivity contribution in [2.24, 2.45) is 5.73 Å². The standard InChI is InChI=1S/C11H14N2O3S2/c1-8-4-11(17-10(8)5-12)18(14,15)13-6-9-2-3-16-7-9/h2-4,7,13H,5-6,12H2,1H3. The number of nitrogens with one attached hydrogen (secondary N) is 1. The van der Waals surface area contributed by atoms with Crippen molar-refractivity contribution >= 4 is 21.4 Å². The molecule has 0 bridgehead atoms. The van der Waals surface area contributed by atoms with Gasteiger partial charge < -0.3 is 10.2 Å². The molecule has 0 unspecified atom stereocenters. The molecule has 2 aromatic rings. The molecule has 0 aromatic carbocycles. The van der Waals surface area contributed by atoms with E-state index < -0.39 is 10.0 Å². The summed E-state index contributed by atoms with van der Waals surface area (Å²) in [5.74, 6) is 0. The summed E-state index contributed by atoms with van der Waals surface area (Å²) < 4.78 is 31.8. The van der Waals surface area contributed by atoms with Crippen LogP contribution < -0.4 is 10.5 Å².